The van der Waals surface area contributed by atoms with Gasteiger partial charge in [-0.25, -0.2) is 0 Å². The molecule has 2 rings (SSSR count). The number of amides is 1. The van der Waals surface area contributed by atoms with Crippen molar-refractivity contribution in [3.63, 3.8) is 0 Å². The molecular formula is C17H16Cl3NO2. The molecule has 0 aliphatic carbocycles. The molecule has 0 heterocycles. The van der Waals surface area contributed by atoms with Gasteiger partial charge in [0.25, 0.3) is 5.91 Å². The minimum atomic E-state index is -0.631. The summed E-state index contributed by atoms with van der Waals surface area (Å²) in [6.45, 7) is 3.75. The normalized spacial score (nSPS) is 11.9. The van der Waals surface area contributed by atoms with E-state index in [1.807, 2.05) is 13.8 Å². The molecule has 1 atom stereocenters. The summed E-state index contributed by atoms with van der Waals surface area (Å²) in [5.74, 6) is 0.330. The third-order valence-electron chi connectivity index (χ3n) is 3.20. The number of anilines is 1. The minimum absolute atomic E-state index is 0.265. The summed E-state index contributed by atoms with van der Waals surface area (Å²) in [5.41, 5.74) is 1.42. The Morgan fingerprint density at radius 1 is 1.13 bits per heavy atom. The number of aryl methyl sites for hydroxylation is 1. The lowest BCUT2D eigenvalue weighted by molar-refractivity contribution is -0.122. The summed E-state index contributed by atoms with van der Waals surface area (Å²) < 4.78 is 5.76. The molecule has 23 heavy (non-hydrogen) atoms. The standard InChI is InChI=1S/C17H16Cl3NO2/c1-3-16(23-14-4-5-15(20)10(2)6-14)17(22)21-13-8-11(18)7-12(19)9-13/h4-9,16H,3H2,1-2H3,(H,21,22). The Morgan fingerprint density at radius 3 is 2.35 bits per heavy atom. The van der Waals surface area contributed by atoms with Gasteiger partial charge in [-0.3, -0.25) is 4.79 Å². The van der Waals surface area contributed by atoms with Gasteiger partial charge in [0.1, 0.15) is 5.75 Å². The van der Waals surface area contributed by atoms with Crippen LogP contribution >= 0.6 is 34.8 Å². The van der Waals surface area contributed by atoms with E-state index in [0.717, 1.165) is 5.56 Å². The van der Waals surface area contributed by atoms with Crippen LogP contribution in [0.1, 0.15) is 18.9 Å². The molecule has 0 aliphatic rings. The second-order valence-electron chi connectivity index (χ2n) is 5.07. The van der Waals surface area contributed by atoms with Crippen LogP contribution in [0.3, 0.4) is 0 Å². The number of rotatable bonds is 5. The monoisotopic (exact) mass is 371 g/mol. The largest absolute Gasteiger partial charge is 0.481 e. The lowest BCUT2D eigenvalue weighted by atomic mass is 10.2. The maximum atomic E-state index is 12.4. The molecule has 1 amide bonds. The molecule has 122 valence electrons. The van der Waals surface area contributed by atoms with E-state index in [1.165, 1.54) is 0 Å². The fourth-order valence-electron chi connectivity index (χ4n) is 2.03. The van der Waals surface area contributed by atoms with E-state index in [0.29, 0.717) is 32.9 Å². The predicted molar refractivity (Wildman–Crippen MR) is 96.0 cm³/mol. The molecule has 1 N–H and O–H groups in total. The van der Waals surface area contributed by atoms with Crippen molar-refractivity contribution in [3.05, 3.63) is 57.0 Å². The minimum Gasteiger partial charge on any atom is -0.481 e. The third-order valence-corrected chi connectivity index (χ3v) is 4.06. The number of halogens is 3. The fraction of sp³-hybridized carbons (Fsp3) is 0.235. The highest BCUT2D eigenvalue weighted by atomic mass is 35.5. The van der Waals surface area contributed by atoms with Gasteiger partial charge in [-0.05, 0) is 55.3 Å². The van der Waals surface area contributed by atoms with Gasteiger partial charge in [0.05, 0.1) is 0 Å². The van der Waals surface area contributed by atoms with Crippen LogP contribution in [0, 0.1) is 6.92 Å². The van der Waals surface area contributed by atoms with E-state index in [1.54, 1.807) is 36.4 Å². The van der Waals surface area contributed by atoms with Crippen LogP contribution in [0.25, 0.3) is 0 Å². The zero-order chi connectivity index (χ0) is 17.0. The van der Waals surface area contributed by atoms with Crippen LogP contribution in [-0.2, 0) is 4.79 Å². The first kappa shape index (κ1) is 17.9. The van der Waals surface area contributed by atoms with Gasteiger partial charge >= 0.3 is 0 Å². The maximum Gasteiger partial charge on any atom is 0.265 e. The van der Waals surface area contributed by atoms with E-state index >= 15 is 0 Å². The van der Waals surface area contributed by atoms with Crippen LogP contribution in [0.2, 0.25) is 15.1 Å². The van der Waals surface area contributed by atoms with E-state index in [2.05, 4.69) is 5.32 Å². The summed E-state index contributed by atoms with van der Waals surface area (Å²) in [6.07, 6.45) is -0.115. The van der Waals surface area contributed by atoms with Crippen molar-refractivity contribution in [2.45, 2.75) is 26.4 Å². The van der Waals surface area contributed by atoms with Gasteiger partial charge in [0.15, 0.2) is 6.10 Å². The first-order valence-corrected chi connectivity index (χ1v) is 8.22. The van der Waals surface area contributed by atoms with Crippen molar-refractivity contribution < 1.29 is 9.53 Å². The van der Waals surface area contributed by atoms with E-state index in [9.17, 15) is 4.79 Å². The van der Waals surface area contributed by atoms with Crippen LogP contribution in [0.15, 0.2) is 36.4 Å². The smallest absolute Gasteiger partial charge is 0.265 e. The van der Waals surface area contributed by atoms with Gasteiger partial charge in [-0.15, -0.1) is 0 Å². The molecule has 0 saturated heterocycles. The topological polar surface area (TPSA) is 38.3 Å². The number of benzene rings is 2. The number of carbonyl (C=O) groups is 1. The second kappa shape index (κ2) is 7.91. The lowest BCUT2D eigenvalue weighted by Crippen LogP contribution is -2.32. The summed E-state index contributed by atoms with van der Waals surface area (Å²) in [5, 5.41) is 4.33. The van der Waals surface area contributed by atoms with Crippen LogP contribution < -0.4 is 10.1 Å². The molecule has 0 aliphatic heterocycles. The maximum absolute atomic E-state index is 12.4. The number of nitrogens with one attached hydrogen (secondary N) is 1. The van der Waals surface area contributed by atoms with Crippen molar-refractivity contribution in [1.82, 2.24) is 0 Å². The Balaban J connectivity index is 2.10. The summed E-state index contributed by atoms with van der Waals surface area (Å²) in [6, 6.07) is 10.1. The van der Waals surface area contributed by atoms with Crippen LogP contribution in [0.4, 0.5) is 5.69 Å². The third kappa shape index (κ3) is 5.03. The Labute approximate surface area is 150 Å². The molecule has 0 saturated carbocycles. The van der Waals surface area contributed by atoms with Crippen molar-refractivity contribution in [1.29, 1.82) is 0 Å². The first-order chi connectivity index (χ1) is 10.9. The van der Waals surface area contributed by atoms with Crippen molar-refractivity contribution >= 4 is 46.4 Å². The van der Waals surface area contributed by atoms with Crippen LogP contribution in [0.5, 0.6) is 5.75 Å². The molecular weight excluding hydrogens is 357 g/mol. The summed E-state index contributed by atoms with van der Waals surface area (Å²) in [4.78, 5) is 12.4. The molecule has 0 radical (unpaired) electrons. The molecule has 3 nitrogen and oxygen atoms in total. The van der Waals surface area contributed by atoms with E-state index < -0.39 is 6.10 Å². The molecule has 0 spiro atoms. The van der Waals surface area contributed by atoms with Gasteiger partial charge in [0.2, 0.25) is 0 Å². The number of hydrogen-bond donors (Lipinski definition) is 1. The van der Waals surface area contributed by atoms with Gasteiger partial charge in [-0.2, -0.15) is 0 Å². The molecule has 2 aromatic carbocycles. The molecule has 1 unspecified atom stereocenters. The molecule has 0 bridgehead atoms. The fourth-order valence-corrected chi connectivity index (χ4v) is 2.67. The predicted octanol–water partition coefficient (Wildman–Crippen LogP) is 5.75. The van der Waals surface area contributed by atoms with E-state index in [4.69, 9.17) is 39.5 Å². The molecule has 0 aromatic heterocycles. The Kier molecular flexibility index (Phi) is 6.17. The molecule has 6 heteroatoms. The van der Waals surface area contributed by atoms with Gasteiger partial charge in [-0.1, -0.05) is 41.7 Å². The summed E-state index contributed by atoms with van der Waals surface area (Å²) in [7, 11) is 0. The SMILES string of the molecule is CCC(Oc1ccc(Cl)c(C)c1)C(=O)Nc1cc(Cl)cc(Cl)c1. The quantitative estimate of drug-likeness (QED) is 0.725. The number of ether oxygens (including phenoxy) is 1. The van der Waals surface area contributed by atoms with E-state index in [-0.39, 0.29) is 5.91 Å². The average Bonchev–Trinajstić information content (AvgIpc) is 2.47. The van der Waals surface area contributed by atoms with Crippen molar-refractivity contribution in [3.8, 4) is 5.75 Å². The lowest BCUT2D eigenvalue weighted by Gasteiger charge is -2.18. The highest BCUT2D eigenvalue weighted by molar-refractivity contribution is 6.35. The zero-order valence-corrected chi connectivity index (χ0v) is 15.0. The highest BCUT2D eigenvalue weighted by Gasteiger charge is 2.19. The first-order valence-electron chi connectivity index (χ1n) is 7.09. The molecule has 0 fully saturated rings. The second-order valence-corrected chi connectivity index (χ2v) is 6.35. The van der Waals surface area contributed by atoms with Crippen LogP contribution in [-0.4, -0.2) is 12.0 Å². The van der Waals surface area contributed by atoms with Gasteiger partial charge in [0, 0.05) is 20.8 Å². The Hall–Kier alpha value is -1.42. The zero-order valence-electron chi connectivity index (χ0n) is 12.7. The average molecular weight is 373 g/mol. The number of carbonyl (C=O) groups excluding carboxylic acids is 1. The summed E-state index contributed by atoms with van der Waals surface area (Å²) >= 11 is 17.8. The number of hydrogen-bond acceptors (Lipinski definition) is 2. The Bertz CT molecular complexity index is 699. The Morgan fingerprint density at radius 2 is 1.78 bits per heavy atom. The van der Waals surface area contributed by atoms with Gasteiger partial charge < -0.3 is 10.1 Å². The molecule has 2 aromatic rings. The highest BCUT2D eigenvalue weighted by Crippen LogP contribution is 2.24. The van der Waals surface area contributed by atoms with Crippen molar-refractivity contribution in [2.24, 2.45) is 0 Å². The van der Waals surface area contributed by atoms with Crippen molar-refractivity contribution in [2.75, 3.05) is 5.32 Å².